The van der Waals surface area contributed by atoms with Crippen molar-refractivity contribution >= 4 is 16.9 Å². The number of aliphatic imine (C=N–C) groups is 1. The van der Waals surface area contributed by atoms with Crippen LogP contribution in [0.1, 0.15) is 25.8 Å². The van der Waals surface area contributed by atoms with E-state index in [0.717, 1.165) is 36.9 Å². The Morgan fingerprint density at radius 2 is 2.10 bits per heavy atom. The van der Waals surface area contributed by atoms with Crippen molar-refractivity contribution in [2.24, 2.45) is 4.99 Å². The largest absolute Gasteiger partial charge is 0.361 e. The second kappa shape index (κ2) is 8.44. The Hall–Kier alpha value is -1.00. The lowest BCUT2D eigenvalue weighted by atomic mass is 10.1. The highest BCUT2D eigenvalue weighted by atomic mass is 32.2. The first-order valence-electron chi connectivity index (χ1n) is 7.83. The fourth-order valence-electron chi connectivity index (χ4n) is 2.30. The van der Waals surface area contributed by atoms with E-state index >= 15 is 0 Å². The molecule has 0 aromatic heterocycles. The first-order valence-corrected chi connectivity index (χ1v) is 8.81. The summed E-state index contributed by atoms with van der Waals surface area (Å²) in [6.07, 6.45) is 2.21. The molecule has 1 aromatic carbocycles. The van der Waals surface area contributed by atoms with E-state index in [4.69, 9.17) is 0 Å². The smallest absolute Gasteiger partial charge is 0.156 e. The van der Waals surface area contributed by atoms with E-state index in [0.29, 0.717) is 12.1 Å². The average molecular weight is 305 g/mol. The van der Waals surface area contributed by atoms with E-state index in [1.54, 1.807) is 0 Å². The maximum absolute atomic E-state index is 4.69. The normalized spacial score (nSPS) is 20.4. The van der Waals surface area contributed by atoms with Crippen molar-refractivity contribution in [2.45, 2.75) is 38.8 Å². The summed E-state index contributed by atoms with van der Waals surface area (Å²) in [6, 6.07) is 11.8. The van der Waals surface area contributed by atoms with Crippen molar-refractivity contribution in [2.75, 3.05) is 25.9 Å². The summed E-state index contributed by atoms with van der Waals surface area (Å²) in [7, 11) is 2.18. The Balaban J connectivity index is 1.68. The van der Waals surface area contributed by atoms with Gasteiger partial charge < -0.3 is 10.2 Å². The maximum Gasteiger partial charge on any atom is 0.156 e. The number of hydrogen-bond acceptors (Lipinski definition) is 3. The molecule has 0 saturated carbocycles. The Kier molecular flexibility index (Phi) is 6.58. The number of amidine groups is 1. The molecule has 4 heteroatoms. The number of hydrogen-bond donors (Lipinski definition) is 1. The van der Waals surface area contributed by atoms with Gasteiger partial charge in [0.2, 0.25) is 0 Å². The molecule has 1 atom stereocenters. The van der Waals surface area contributed by atoms with Gasteiger partial charge in [-0.2, -0.15) is 0 Å². The van der Waals surface area contributed by atoms with Gasteiger partial charge in [-0.1, -0.05) is 42.1 Å². The van der Waals surface area contributed by atoms with Crippen molar-refractivity contribution in [1.29, 1.82) is 0 Å². The lowest BCUT2D eigenvalue weighted by molar-refractivity contribution is 0.272. The summed E-state index contributed by atoms with van der Waals surface area (Å²) in [5.74, 6) is 1.12. The highest BCUT2D eigenvalue weighted by Gasteiger charge is 2.20. The molecule has 0 aliphatic carbocycles. The van der Waals surface area contributed by atoms with Crippen LogP contribution in [0, 0.1) is 0 Å². The van der Waals surface area contributed by atoms with Crippen LogP contribution in [0.5, 0.6) is 0 Å². The lowest BCUT2D eigenvalue weighted by Crippen LogP contribution is -2.29. The monoisotopic (exact) mass is 305 g/mol. The summed E-state index contributed by atoms with van der Waals surface area (Å²) in [5.41, 5.74) is 1.40. The van der Waals surface area contributed by atoms with E-state index in [2.05, 4.69) is 66.4 Å². The molecule has 1 N–H and O–H groups in total. The van der Waals surface area contributed by atoms with Gasteiger partial charge in [-0.3, -0.25) is 4.99 Å². The summed E-state index contributed by atoms with van der Waals surface area (Å²) in [6.45, 7) is 6.50. The third-order valence-corrected chi connectivity index (χ3v) is 4.97. The van der Waals surface area contributed by atoms with E-state index in [1.165, 1.54) is 5.56 Å². The third kappa shape index (κ3) is 5.71. The van der Waals surface area contributed by atoms with Crippen molar-refractivity contribution in [3.63, 3.8) is 0 Å². The van der Waals surface area contributed by atoms with E-state index in [9.17, 15) is 0 Å². The molecular weight excluding hydrogens is 278 g/mol. The molecule has 1 aliphatic rings. The molecule has 1 aromatic rings. The minimum atomic E-state index is 0.523. The zero-order chi connectivity index (χ0) is 15.1. The van der Waals surface area contributed by atoms with Gasteiger partial charge in [0.05, 0.1) is 0 Å². The van der Waals surface area contributed by atoms with Crippen molar-refractivity contribution in [3.05, 3.63) is 35.9 Å². The molecule has 1 saturated heterocycles. The first-order chi connectivity index (χ1) is 10.1. The molecule has 1 fully saturated rings. The van der Waals surface area contributed by atoms with Crippen LogP contribution < -0.4 is 5.32 Å². The molecule has 2 rings (SSSR count). The average Bonchev–Trinajstić information content (AvgIpc) is 2.92. The predicted molar refractivity (Wildman–Crippen MR) is 94.2 cm³/mol. The lowest BCUT2D eigenvalue weighted by Gasteiger charge is -2.20. The standard InChI is InChI=1S/C17H27N3S/c1-14(2)20(3)11-7-10-18-17-19-16(13-21-17)12-15-8-5-4-6-9-15/h4-6,8-9,14,16H,7,10-13H2,1-3H3,(H,18,19). The Labute approximate surface area is 133 Å². The Bertz CT molecular complexity index is 445. The molecule has 0 amide bonds. The summed E-state index contributed by atoms with van der Waals surface area (Å²) in [5, 5.41) is 4.68. The highest BCUT2D eigenvalue weighted by molar-refractivity contribution is 8.14. The fourth-order valence-corrected chi connectivity index (χ4v) is 3.29. The summed E-state index contributed by atoms with van der Waals surface area (Å²) < 4.78 is 0. The molecule has 3 nitrogen and oxygen atoms in total. The molecule has 0 spiro atoms. The number of benzene rings is 1. The second-order valence-electron chi connectivity index (χ2n) is 5.96. The molecule has 0 radical (unpaired) electrons. The molecule has 1 heterocycles. The van der Waals surface area contributed by atoms with Crippen LogP contribution in [0.25, 0.3) is 0 Å². The van der Waals surface area contributed by atoms with Gasteiger partial charge in [0.15, 0.2) is 5.17 Å². The SMILES string of the molecule is CC(C)N(C)CCCN=C1NC(Cc2ccccc2)CS1. The van der Waals surface area contributed by atoms with Gasteiger partial charge in [-0.25, -0.2) is 0 Å². The van der Waals surface area contributed by atoms with E-state index < -0.39 is 0 Å². The Morgan fingerprint density at radius 3 is 2.81 bits per heavy atom. The molecule has 1 aliphatic heterocycles. The van der Waals surface area contributed by atoms with Crippen LogP contribution in [0.2, 0.25) is 0 Å². The van der Waals surface area contributed by atoms with E-state index in [1.807, 2.05) is 11.8 Å². The molecule has 116 valence electrons. The number of nitrogens with one attached hydrogen (secondary N) is 1. The van der Waals surface area contributed by atoms with E-state index in [-0.39, 0.29) is 0 Å². The van der Waals surface area contributed by atoms with Crippen LogP contribution in [0.15, 0.2) is 35.3 Å². The fraction of sp³-hybridized carbons (Fsp3) is 0.588. The molecule has 1 unspecified atom stereocenters. The predicted octanol–water partition coefficient (Wildman–Crippen LogP) is 3.02. The molecule has 0 bridgehead atoms. The molecule has 21 heavy (non-hydrogen) atoms. The quantitative estimate of drug-likeness (QED) is 0.785. The first kappa shape index (κ1) is 16.4. The maximum atomic E-state index is 4.69. The van der Waals surface area contributed by atoms with Gasteiger partial charge in [-0.15, -0.1) is 0 Å². The van der Waals surface area contributed by atoms with Gasteiger partial charge in [0.25, 0.3) is 0 Å². The van der Waals surface area contributed by atoms with Crippen LogP contribution in [0.4, 0.5) is 0 Å². The summed E-state index contributed by atoms with van der Waals surface area (Å²) in [4.78, 5) is 7.06. The Morgan fingerprint density at radius 1 is 1.33 bits per heavy atom. The highest BCUT2D eigenvalue weighted by Crippen LogP contribution is 2.17. The van der Waals surface area contributed by atoms with Crippen LogP contribution in [-0.4, -0.2) is 48.0 Å². The summed E-state index contributed by atoms with van der Waals surface area (Å²) >= 11 is 1.86. The van der Waals surface area contributed by atoms with Crippen molar-refractivity contribution in [3.8, 4) is 0 Å². The van der Waals surface area contributed by atoms with Crippen LogP contribution in [0.3, 0.4) is 0 Å². The minimum absolute atomic E-state index is 0.523. The molecular formula is C17H27N3S. The number of rotatable bonds is 7. The van der Waals surface area contributed by atoms with Gasteiger partial charge in [0.1, 0.15) is 0 Å². The zero-order valence-electron chi connectivity index (χ0n) is 13.4. The number of thioether (sulfide) groups is 1. The van der Waals surface area contributed by atoms with Gasteiger partial charge >= 0.3 is 0 Å². The van der Waals surface area contributed by atoms with Crippen molar-refractivity contribution < 1.29 is 0 Å². The topological polar surface area (TPSA) is 27.6 Å². The van der Waals surface area contributed by atoms with Crippen molar-refractivity contribution in [1.82, 2.24) is 10.2 Å². The minimum Gasteiger partial charge on any atom is -0.361 e. The zero-order valence-corrected chi connectivity index (χ0v) is 14.2. The third-order valence-electron chi connectivity index (χ3n) is 3.88. The van der Waals surface area contributed by atoms with Crippen LogP contribution in [-0.2, 0) is 6.42 Å². The second-order valence-corrected chi connectivity index (χ2v) is 6.97. The number of nitrogens with zero attached hydrogens (tertiary/aromatic N) is 2. The van der Waals surface area contributed by atoms with Gasteiger partial charge in [0, 0.05) is 24.4 Å². The van der Waals surface area contributed by atoms with Gasteiger partial charge in [-0.05, 0) is 45.8 Å². The van der Waals surface area contributed by atoms with Crippen LogP contribution >= 0.6 is 11.8 Å².